The number of hydrogen-bond acceptors (Lipinski definition) is 4. The summed E-state index contributed by atoms with van der Waals surface area (Å²) < 4.78 is 39.8. The van der Waals surface area contributed by atoms with Crippen LogP contribution in [-0.2, 0) is 16.6 Å². The minimum atomic E-state index is -3.11. The largest absolute Gasteiger partial charge is 0.296 e. The molecule has 0 aromatic heterocycles. The van der Waals surface area contributed by atoms with Crippen LogP contribution in [0, 0.1) is 17.1 Å². The van der Waals surface area contributed by atoms with E-state index in [-0.39, 0.29) is 11.1 Å². The molecule has 2 fully saturated rings. The van der Waals surface area contributed by atoms with Gasteiger partial charge in [-0.3, -0.25) is 4.90 Å². The highest BCUT2D eigenvalue weighted by Crippen LogP contribution is 2.31. The lowest BCUT2D eigenvalue weighted by Gasteiger charge is -2.34. The van der Waals surface area contributed by atoms with Gasteiger partial charge in [-0.25, -0.2) is 12.8 Å². The van der Waals surface area contributed by atoms with Crippen molar-refractivity contribution in [3.05, 3.63) is 35.1 Å². The van der Waals surface area contributed by atoms with Gasteiger partial charge in [0.1, 0.15) is 5.82 Å². The summed E-state index contributed by atoms with van der Waals surface area (Å²) in [4.78, 5) is 2.05. The Bertz CT molecular complexity index is 702. The van der Waals surface area contributed by atoms with Gasteiger partial charge < -0.3 is 0 Å². The summed E-state index contributed by atoms with van der Waals surface area (Å²) in [5.74, 6) is -0.382. The van der Waals surface area contributed by atoms with Crippen molar-refractivity contribution in [3.63, 3.8) is 0 Å². The minimum Gasteiger partial charge on any atom is -0.296 e. The van der Waals surface area contributed by atoms with Gasteiger partial charge in [-0.1, -0.05) is 6.07 Å². The zero-order valence-electron chi connectivity index (χ0n) is 12.2. The quantitative estimate of drug-likeness (QED) is 0.838. The smallest absolute Gasteiger partial charge is 0.217 e. The van der Waals surface area contributed by atoms with Crippen LogP contribution in [0.25, 0.3) is 0 Å². The van der Waals surface area contributed by atoms with E-state index in [2.05, 4.69) is 0 Å². The van der Waals surface area contributed by atoms with E-state index in [9.17, 15) is 12.8 Å². The van der Waals surface area contributed by atoms with Crippen molar-refractivity contribution in [2.24, 2.45) is 0 Å². The van der Waals surface area contributed by atoms with E-state index in [1.165, 1.54) is 6.07 Å². The van der Waals surface area contributed by atoms with Crippen molar-refractivity contribution in [3.8, 4) is 6.07 Å². The molecule has 7 heteroatoms. The van der Waals surface area contributed by atoms with Gasteiger partial charge in [0.25, 0.3) is 0 Å². The summed E-state index contributed by atoms with van der Waals surface area (Å²) in [6.07, 6.45) is 1.55. The monoisotopic (exact) mass is 323 g/mol. The summed E-state index contributed by atoms with van der Waals surface area (Å²) in [6.45, 7) is 2.58. The third-order valence-corrected chi connectivity index (χ3v) is 6.61. The topological polar surface area (TPSA) is 64.4 Å². The molecule has 1 heterocycles. The maximum atomic E-state index is 13.9. The van der Waals surface area contributed by atoms with Crippen LogP contribution in [-0.4, -0.2) is 49.1 Å². The number of hydrogen-bond donors (Lipinski definition) is 0. The molecule has 0 spiro atoms. The second kappa shape index (κ2) is 5.95. The summed E-state index contributed by atoms with van der Waals surface area (Å²) in [7, 11) is -3.11. The minimum absolute atomic E-state index is 0.171. The highest BCUT2D eigenvalue weighted by Gasteiger charge is 2.40. The predicted molar refractivity (Wildman–Crippen MR) is 79.9 cm³/mol. The van der Waals surface area contributed by atoms with Crippen LogP contribution in [0.2, 0.25) is 0 Å². The van der Waals surface area contributed by atoms with Crippen molar-refractivity contribution in [2.45, 2.75) is 24.6 Å². The molecule has 1 aromatic rings. The molecule has 0 unspecified atom stereocenters. The molecule has 0 amide bonds. The van der Waals surface area contributed by atoms with Crippen LogP contribution in [0.5, 0.6) is 0 Å². The average molecular weight is 323 g/mol. The molecule has 0 bridgehead atoms. The third-order valence-electron chi connectivity index (χ3n) is 4.21. The summed E-state index contributed by atoms with van der Waals surface area (Å²) in [6, 6.07) is 6.38. The van der Waals surface area contributed by atoms with Gasteiger partial charge in [-0.2, -0.15) is 9.57 Å². The van der Waals surface area contributed by atoms with Gasteiger partial charge in [0.05, 0.1) is 16.9 Å². The van der Waals surface area contributed by atoms with E-state index in [4.69, 9.17) is 5.26 Å². The number of halogens is 1. The SMILES string of the molecule is N#Cc1ccc(CN2CCN(S(=O)(=O)C3CC3)CC2)c(F)c1. The summed E-state index contributed by atoms with van der Waals surface area (Å²) >= 11 is 0. The molecule has 22 heavy (non-hydrogen) atoms. The second-order valence-electron chi connectivity index (χ2n) is 5.84. The van der Waals surface area contributed by atoms with Crippen molar-refractivity contribution >= 4 is 10.0 Å². The fourth-order valence-electron chi connectivity index (χ4n) is 2.70. The van der Waals surface area contributed by atoms with Gasteiger partial charge in [-0.15, -0.1) is 0 Å². The highest BCUT2D eigenvalue weighted by molar-refractivity contribution is 7.90. The molecule has 0 radical (unpaired) electrons. The van der Waals surface area contributed by atoms with Crippen molar-refractivity contribution < 1.29 is 12.8 Å². The maximum absolute atomic E-state index is 13.9. The van der Waals surface area contributed by atoms with Gasteiger partial charge >= 0.3 is 0 Å². The highest BCUT2D eigenvalue weighted by atomic mass is 32.2. The maximum Gasteiger partial charge on any atom is 0.217 e. The lowest BCUT2D eigenvalue weighted by molar-refractivity contribution is 0.179. The molecule has 5 nitrogen and oxygen atoms in total. The molecule has 1 aliphatic carbocycles. The summed E-state index contributed by atoms with van der Waals surface area (Å²) in [5, 5.41) is 8.57. The van der Waals surface area contributed by atoms with E-state index < -0.39 is 10.0 Å². The van der Waals surface area contributed by atoms with Crippen LogP contribution in [0.4, 0.5) is 4.39 Å². The molecular formula is C15H18FN3O2S. The fourth-order valence-corrected chi connectivity index (χ4v) is 4.53. The van der Waals surface area contributed by atoms with Gasteiger partial charge in [-0.05, 0) is 25.0 Å². The lowest BCUT2D eigenvalue weighted by Crippen LogP contribution is -2.49. The number of rotatable bonds is 4. The Morgan fingerprint density at radius 1 is 1.23 bits per heavy atom. The van der Waals surface area contributed by atoms with Crippen LogP contribution in [0.1, 0.15) is 24.0 Å². The van der Waals surface area contributed by atoms with Gasteiger partial charge in [0, 0.05) is 38.3 Å². The molecular weight excluding hydrogens is 305 g/mol. The third kappa shape index (κ3) is 3.14. The van der Waals surface area contributed by atoms with Crippen molar-refractivity contribution in [1.82, 2.24) is 9.21 Å². The summed E-state index contributed by atoms with van der Waals surface area (Å²) in [5.41, 5.74) is 0.846. The Hall–Kier alpha value is -1.49. The number of benzene rings is 1. The molecule has 0 atom stereocenters. The Kier molecular flexibility index (Phi) is 4.17. The first-order valence-electron chi connectivity index (χ1n) is 7.40. The molecule has 1 aromatic carbocycles. The van der Waals surface area contributed by atoms with Crippen LogP contribution in [0.3, 0.4) is 0 Å². The Balaban J connectivity index is 1.59. The van der Waals surface area contributed by atoms with Crippen LogP contribution >= 0.6 is 0 Å². The second-order valence-corrected chi connectivity index (χ2v) is 8.05. The molecule has 1 aliphatic heterocycles. The van der Waals surface area contributed by atoms with Crippen LogP contribution < -0.4 is 0 Å². The first-order valence-corrected chi connectivity index (χ1v) is 8.91. The average Bonchev–Trinajstić information content (AvgIpc) is 3.35. The van der Waals surface area contributed by atoms with E-state index in [1.54, 1.807) is 16.4 Å². The predicted octanol–water partition coefficient (Wildman–Crippen LogP) is 1.31. The molecule has 0 N–H and O–H groups in total. The van der Waals surface area contributed by atoms with E-state index in [0.29, 0.717) is 43.9 Å². The molecule has 2 aliphatic rings. The number of sulfonamides is 1. The number of nitriles is 1. The molecule has 1 saturated carbocycles. The lowest BCUT2D eigenvalue weighted by atomic mass is 10.1. The molecule has 3 rings (SSSR count). The van der Waals surface area contributed by atoms with E-state index >= 15 is 0 Å². The van der Waals surface area contributed by atoms with Crippen LogP contribution in [0.15, 0.2) is 18.2 Å². The zero-order chi connectivity index (χ0) is 15.7. The van der Waals surface area contributed by atoms with Crippen molar-refractivity contribution in [1.29, 1.82) is 5.26 Å². The molecule has 118 valence electrons. The van der Waals surface area contributed by atoms with Gasteiger partial charge in [0.15, 0.2) is 0 Å². The normalized spacial score (nSPS) is 20.7. The standard InChI is InChI=1S/C15H18FN3O2S/c16-15-9-12(10-17)1-2-13(15)11-18-5-7-19(8-6-18)22(20,21)14-3-4-14/h1-2,9,14H,3-8,11H2. The fraction of sp³-hybridized carbons (Fsp3) is 0.533. The molecule has 1 saturated heterocycles. The Morgan fingerprint density at radius 2 is 1.91 bits per heavy atom. The first-order chi connectivity index (χ1) is 10.5. The van der Waals surface area contributed by atoms with E-state index in [0.717, 1.165) is 12.8 Å². The van der Waals surface area contributed by atoms with Gasteiger partial charge in [0.2, 0.25) is 10.0 Å². The number of piperazine rings is 1. The van der Waals surface area contributed by atoms with Crippen molar-refractivity contribution in [2.75, 3.05) is 26.2 Å². The first kappa shape index (κ1) is 15.4. The Labute approximate surface area is 130 Å². The zero-order valence-corrected chi connectivity index (χ0v) is 13.0. The Morgan fingerprint density at radius 3 is 2.45 bits per heavy atom. The van der Waals surface area contributed by atoms with E-state index in [1.807, 2.05) is 11.0 Å². The number of nitrogens with zero attached hydrogens (tertiary/aromatic N) is 3.